The SMILES string of the molecule is C[C@H](NC(=O)C1CCC(CNS(=O)(=O)c2ccc(Cl)cc2)CC1)C(=O)NC[C@@H]1CCCO1. The molecular weight excluding hydrogens is 454 g/mol. The summed E-state index contributed by atoms with van der Waals surface area (Å²) in [5, 5.41) is 6.13. The van der Waals surface area contributed by atoms with E-state index in [1.54, 1.807) is 19.1 Å². The summed E-state index contributed by atoms with van der Waals surface area (Å²) in [6.45, 7) is 3.22. The number of hydrogen-bond acceptors (Lipinski definition) is 5. The van der Waals surface area contributed by atoms with Crippen molar-refractivity contribution in [3.8, 4) is 0 Å². The summed E-state index contributed by atoms with van der Waals surface area (Å²) in [7, 11) is -3.58. The van der Waals surface area contributed by atoms with Crippen LogP contribution in [0.5, 0.6) is 0 Å². The van der Waals surface area contributed by atoms with Crippen LogP contribution >= 0.6 is 11.6 Å². The fourth-order valence-electron chi connectivity index (χ4n) is 4.12. The van der Waals surface area contributed by atoms with Crippen molar-refractivity contribution in [2.24, 2.45) is 11.8 Å². The molecular formula is C22H32ClN3O5S. The number of hydrogen-bond donors (Lipinski definition) is 3. The Morgan fingerprint density at radius 1 is 1.09 bits per heavy atom. The number of carbonyl (C=O) groups excluding carboxylic acids is 2. The Labute approximate surface area is 194 Å². The number of sulfonamides is 1. The molecule has 2 aliphatic rings. The summed E-state index contributed by atoms with van der Waals surface area (Å²) >= 11 is 5.82. The van der Waals surface area contributed by atoms with Gasteiger partial charge in [0.2, 0.25) is 21.8 Å². The molecule has 178 valence electrons. The van der Waals surface area contributed by atoms with E-state index in [9.17, 15) is 18.0 Å². The fraction of sp³-hybridized carbons (Fsp3) is 0.636. The molecule has 8 nitrogen and oxygen atoms in total. The highest BCUT2D eigenvalue weighted by Crippen LogP contribution is 2.29. The molecule has 3 rings (SSSR count). The zero-order valence-corrected chi connectivity index (χ0v) is 19.9. The van der Waals surface area contributed by atoms with Gasteiger partial charge in [-0.1, -0.05) is 11.6 Å². The summed E-state index contributed by atoms with van der Waals surface area (Å²) in [6, 6.07) is 5.44. The molecule has 2 amide bonds. The molecule has 10 heteroatoms. The van der Waals surface area contributed by atoms with Crippen molar-refractivity contribution in [3.63, 3.8) is 0 Å². The number of nitrogens with one attached hydrogen (secondary N) is 3. The van der Waals surface area contributed by atoms with Crippen LogP contribution in [0.3, 0.4) is 0 Å². The molecule has 2 atom stereocenters. The van der Waals surface area contributed by atoms with Gasteiger partial charge in [0.15, 0.2) is 0 Å². The maximum atomic E-state index is 12.6. The van der Waals surface area contributed by atoms with Crippen molar-refractivity contribution in [1.29, 1.82) is 0 Å². The van der Waals surface area contributed by atoms with E-state index in [2.05, 4.69) is 15.4 Å². The second-order valence-corrected chi connectivity index (χ2v) is 10.8. The molecule has 2 fully saturated rings. The smallest absolute Gasteiger partial charge is 0.242 e. The standard InChI is InChI=1S/C22H32ClN3O5S/c1-15(21(27)24-14-19-3-2-12-31-19)26-22(28)17-6-4-16(5-7-17)13-25-32(29,30)20-10-8-18(23)9-11-20/h8-11,15-17,19,25H,2-7,12-14H2,1H3,(H,24,27)(H,26,28)/t15-,16?,17?,19-/m0/s1. The highest BCUT2D eigenvalue weighted by molar-refractivity contribution is 7.89. The quantitative estimate of drug-likeness (QED) is 0.496. The van der Waals surface area contributed by atoms with Gasteiger partial charge >= 0.3 is 0 Å². The van der Waals surface area contributed by atoms with Crippen molar-refractivity contribution >= 4 is 33.4 Å². The van der Waals surface area contributed by atoms with E-state index in [1.165, 1.54) is 12.1 Å². The van der Waals surface area contributed by atoms with Crippen LogP contribution in [0.4, 0.5) is 0 Å². The maximum absolute atomic E-state index is 12.6. The van der Waals surface area contributed by atoms with Crippen LogP contribution in [-0.4, -0.2) is 52.1 Å². The predicted molar refractivity (Wildman–Crippen MR) is 122 cm³/mol. The zero-order chi connectivity index (χ0) is 23.1. The first-order chi connectivity index (χ1) is 15.2. The van der Waals surface area contributed by atoms with Gasteiger partial charge in [-0.15, -0.1) is 0 Å². The van der Waals surface area contributed by atoms with Crippen molar-refractivity contribution in [3.05, 3.63) is 29.3 Å². The maximum Gasteiger partial charge on any atom is 0.242 e. The summed E-state index contributed by atoms with van der Waals surface area (Å²) in [6.07, 6.45) is 4.86. The van der Waals surface area contributed by atoms with E-state index >= 15 is 0 Å². The molecule has 0 bridgehead atoms. The van der Waals surface area contributed by atoms with Crippen LogP contribution in [-0.2, 0) is 24.3 Å². The largest absolute Gasteiger partial charge is 0.376 e. The van der Waals surface area contributed by atoms with Gasteiger partial charge in [-0.05, 0) is 75.6 Å². The zero-order valence-electron chi connectivity index (χ0n) is 18.3. The molecule has 0 aromatic heterocycles. The van der Waals surface area contributed by atoms with Gasteiger partial charge in [-0.25, -0.2) is 13.1 Å². The molecule has 1 aromatic carbocycles. The van der Waals surface area contributed by atoms with E-state index < -0.39 is 16.1 Å². The van der Waals surface area contributed by atoms with Gasteiger partial charge in [0.05, 0.1) is 11.0 Å². The van der Waals surface area contributed by atoms with E-state index in [-0.39, 0.29) is 34.6 Å². The van der Waals surface area contributed by atoms with Crippen molar-refractivity contribution < 1.29 is 22.7 Å². The Morgan fingerprint density at radius 2 is 1.78 bits per heavy atom. The number of amides is 2. The van der Waals surface area contributed by atoms with E-state index in [1.807, 2.05) is 0 Å². The highest BCUT2D eigenvalue weighted by Gasteiger charge is 2.29. The molecule has 1 aliphatic carbocycles. The van der Waals surface area contributed by atoms with Gasteiger partial charge in [0.1, 0.15) is 6.04 Å². The first-order valence-electron chi connectivity index (χ1n) is 11.2. The number of halogens is 1. The molecule has 1 aliphatic heterocycles. The third-order valence-corrected chi connectivity index (χ3v) is 7.87. The van der Waals surface area contributed by atoms with Gasteiger partial charge in [-0.3, -0.25) is 9.59 Å². The molecule has 0 spiro atoms. The third kappa shape index (κ3) is 7.16. The minimum Gasteiger partial charge on any atom is -0.376 e. The summed E-state index contributed by atoms with van der Waals surface area (Å²) in [4.78, 5) is 25.0. The minimum atomic E-state index is -3.58. The predicted octanol–water partition coefficient (Wildman–Crippen LogP) is 2.22. The van der Waals surface area contributed by atoms with Gasteiger partial charge < -0.3 is 15.4 Å². The molecule has 0 radical (unpaired) electrons. The Balaban J connectivity index is 1.37. The highest BCUT2D eigenvalue weighted by atomic mass is 35.5. The lowest BCUT2D eigenvalue weighted by molar-refractivity contribution is -0.131. The first-order valence-corrected chi connectivity index (χ1v) is 13.1. The van der Waals surface area contributed by atoms with Crippen LogP contribution < -0.4 is 15.4 Å². The number of carbonyl (C=O) groups is 2. The monoisotopic (exact) mass is 485 g/mol. The van der Waals surface area contributed by atoms with E-state index in [0.717, 1.165) is 32.3 Å². The normalized spacial score (nSPS) is 24.6. The van der Waals surface area contributed by atoms with Crippen LogP contribution in [0.1, 0.15) is 45.4 Å². The Bertz CT molecular complexity index is 879. The topological polar surface area (TPSA) is 114 Å². The Kier molecular flexibility index (Phi) is 8.93. The second kappa shape index (κ2) is 11.4. The summed E-state index contributed by atoms with van der Waals surface area (Å²) < 4.78 is 33.0. The average molecular weight is 486 g/mol. The van der Waals surface area contributed by atoms with Crippen molar-refractivity contribution in [2.75, 3.05) is 19.7 Å². The molecule has 3 N–H and O–H groups in total. The number of ether oxygens (including phenoxy) is 1. The van der Waals surface area contributed by atoms with Crippen LogP contribution in [0.15, 0.2) is 29.2 Å². The van der Waals surface area contributed by atoms with Crippen molar-refractivity contribution in [2.45, 2.75) is 62.5 Å². The summed E-state index contributed by atoms with van der Waals surface area (Å²) in [5.74, 6) is -0.315. The lowest BCUT2D eigenvalue weighted by Gasteiger charge is -2.28. The molecule has 1 saturated carbocycles. The van der Waals surface area contributed by atoms with Crippen LogP contribution in [0.2, 0.25) is 5.02 Å². The van der Waals surface area contributed by atoms with E-state index in [0.29, 0.717) is 31.0 Å². The van der Waals surface area contributed by atoms with Gasteiger partial charge in [-0.2, -0.15) is 0 Å². The fourth-order valence-corrected chi connectivity index (χ4v) is 5.37. The molecule has 1 heterocycles. The lowest BCUT2D eigenvalue weighted by Crippen LogP contribution is -2.48. The van der Waals surface area contributed by atoms with Gasteiger partial charge in [0, 0.05) is 30.6 Å². The average Bonchev–Trinajstić information content (AvgIpc) is 3.30. The Morgan fingerprint density at radius 3 is 2.41 bits per heavy atom. The number of rotatable bonds is 9. The Hall–Kier alpha value is -1.68. The molecule has 0 unspecified atom stereocenters. The summed E-state index contributed by atoms with van der Waals surface area (Å²) in [5.41, 5.74) is 0. The van der Waals surface area contributed by atoms with Gasteiger partial charge in [0.25, 0.3) is 0 Å². The first kappa shape index (κ1) is 25.0. The van der Waals surface area contributed by atoms with Crippen LogP contribution in [0.25, 0.3) is 0 Å². The molecule has 1 saturated heterocycles. The minimum absolute atomic E-state index is 0.0641. The second-order valence-electron chi connectivity index (χ2n) is 8.63. The van der Waals surface area contributed by atoms with Crippen LogP contribution in [0, 0.1) is 11.8 Å². The third-order valence-electron chi connectivity index (χ3n) is 6.18. The van der Waals surface area contributed by atoms with Crippen molar-refractivity contribution in [1.82, 2.24) is 15.4 Å². The molecule has 32 heavy (non-hydrogen) atoms. The molecule has 1 aromatic rings. The van der Waals surface area contributed by atoms with E-state index in [4.69, 9.17) is 16.3 Å². The number of benzene rings is 1. The lowest BCUT2D eigenvalue weighted by atomic mass is 9.81.